The van der Waals surface area contributed by atoms with E-state index in [1.54, 1.807) is 6.08 Å². The number of hydrogen-bond donors (Lipinski definition) is 0. The lowest BCUT2D eigenvalue weighted by atomic mass is 10.2. The van der Waals surface area contributed by atoms with E-state index in [2.05, 4.69) is 16.8 Å². The lowest BCUT2D eigenvalue weighted by molar-refractivity contribution is 0.554. The van der Waals surface area contributed by atoms with Crippen molar-refractivity contribution >= 4 is 5.57 Å². The highest BCUT2D eigenvalue weighted by atomic mass is 16.4. The molecule has 2 aromatic rings. The van der Waals surface area contributed by atoms with Crippen LogP contribution in [-0.4, -0.2) is 10.2 Å². The molecule has 0 bridgehead atoms. The highest BCUT2D eigenvalue weighted by molar-refractivity contribution is 5.69. The lowest BCUT2D eigenvalue weighted by Crippen LogP contribution is -1.79. The van der Waals surface area contributed by atoms with Gasteiger partial charge < -0.3 is 4.42 Å². The van der Waals surface area contributed by atoms with E-state index in [4.69, 9.17) is 4.42 Å². The van der Waals surface area contributed by atoms with E-state index in [1.807, 2.05) is 55.5 Å². The van der Waals surface area contributed by atoms with Gasteiger partial charge in [0.15, 0.2) is 0 Å². The molecule has 0 amide bonds. The van der Waals surface area contributed by atoms with Gasteiger partial charge in [0.2, 0.25) is 11.8 Å². The number of allylic oxidation sites excluding steroid dienone is 5. The highest BCUT2D eigenvalue weighted by Crippen LogP contribution is 2.21. The van der Waals surface area contributed by atoms with Gasteiger partial charge >= 0.3 is 0 Å². The first-order valence-electron chi connectivity index (χ1n) is 5.70. The normalized spacial score (nSPS) is 11.9. The zero-order valence-electron chi connectivity index (χ0n) is 10.2. The van der Waals surface area contributed by atoms with Gasteiger partial charge in [-0.15, -0.1) is 10.2 Å². The lowest BCUT2D eigenvalue weighted by Gasteiger charge is -1.93. The summed E-state index contributed by atoms with van der Waals surface area (Å²) in [5, 5.41) is 8.06. The Morgan fingerprint density at radius 3 is 2.67 bits per heavy atom. The minimum absolute atomic E-state index is 0.474. The summed E-state index contributed by atoms with van der Waals surface area (Å²) in [6, 6.07) is 9.68. The summed E-state index contributed by atoms with van der Waals surface area (Å²) in [5.74, 6) is 0.987. The van der Waals surface area contributed by atoms with Gasteiger partial charge in [0.1, 0.15) is 0 Å². The van der Waals surface area contributed by atoms with E-state index in [0.717, 1.165) is 11.1 Å². The van der Waals surface area contributed by atoms with Crippen molar-refractivity contribution in [2.45, 2.75) is 6.92 Å². The number of benzene rings is 1. The third-order valence-corrected chi connectivity index (χ3v) is 2.38. The van der Waals surface area contributed by atoms with Crippen molar-refractivity contribution in [2.75, 3.05) is 0 Å². The molecule has 0 atom stereocenters. The standard InChI is InChI=1S/C15H14N2O/c1-3-5-9-12(4-2)14-16-17-15(18-14)13-10-7-6-8-11-13/h3-11H,2H2,1H3/b5-3-,12-9+. The maximum atomic E-state index is 5.62. The van der Waals surface area contributed by atoms with Gasteiger partial charge in [-0.25, -0.2) is 0 Å². The SMILES string of the molecule is C=C/C(=C\C=C/C)c1nnc(-c2ccccc2)o1. The van der Waals surface area contributed by atoms with Crippen molar-refractivity contribution in [2.24, 2.45) is 0 Å². The zero-order chi connectivity index (χ0) is 12.8. The predicted molar refractivity (Wildman–Crippen MR) is 72.7 cm³/mol. The Morgan fingerprint density at radius 1 is 1.22 bits per heavy atom. The van der Waals surface area contributed by atoms with Gasteiger partial charge in [0.25, 0.3) is 0 Å². The summed E-state index contributed by atoms with van der Waals surface area (Å²) >= 11 is 0. The molecule has 90 valence electrons. The van der Waals surface area contributed by atoms with Crippen LogP contribution >= 0.6 is 0 Å². The first kappa shape index (κ1) is 12.0. The maximum Gasteiger partial charge on any atom is 0.248 e. The van der Waals surface area contributed by atoms with Crippen LogP contribution in [0.3, 0.4) is 0 Å². The first-order chi connectivity index (χ1) is 8.85. The van der Waals surface area contributed by atoms with Gasteiger partial charge in [0, 0.05) is 11.1 Å². The topological polar surface area (TPSA) is 38.9 Å². The minimum Gasteiger partial charge on any atom is -0.416 e. The molecule has 0 spiro atoms. The molecule has 3 heteroatoms. The van der Waals surface area contributed by atoms with Crippen molar-refractivity contribution in [1.29, 1.82) is 0 Å². The summed E-state index contributed by atoms with van der Waals surface area (Å²) in [6.45, 7) is 5.69. The molecule has 1 heterocycles. The Kier molecular flexibility index (Phi) is 3.86. The molecule has 0 unspecified atom stereocenters. The second-order valence-corrected chi connectivity index (χ2v) is 3.63. The Morgan fingerprint density at radius 2 is 2.00 bits per heavy atom. The van der Waals surface area contributed by atoms with Gasteiger partial charge in [-0.2, -0.15) is 0 Å². The third-order valence-electron chi connectivity index (χ3n) is 2.38. The third kappa shape index (κ3) is 2.63. The molecule has 0 aliphatic rings. The molecular formula is C15H14N2O. The second kappa shape index (κ2) is 5.77. The Bertz CT molecular complexity index is 580. The molecule has 0 N–H and O–H groups in total. The summed E-state index contributed by atoms with van der Waals surface area (Å²) < 4.78 is 5.62. The largest absolute Gasteiger partial charge is 0.416 e. The maximum absolute atomic E-state index is 5.62. The van der Waals surface area contributed by atoms with Crippen molar-refractivity contribution in [3.05, 3.63) is 67.1 Å². The van der Waals surface area contributed by atoms with Crippen LogP contribution in [0.4, 0.5) is 0 Å². The summed E-state index contributed by atoms with van der Waals surface area (Å²) in [4.78, 5) is 0. The van der Waals surface area contributed by atoms with Gasteiger partial charge in [-0.1, -0.05) is 43.0 Å². The zero-order valence-corrected chi connectivity index (χ0v) is 10.2. The van der Waals surface area contributed by atoms with E-state index >= 15 is 0 Å². The monoisotopic (exact) mass is 238 g/mol. The Hall–Kier alpha value is -2.42. The fraction of sp³-hybridized carbons (Fsp3) is 0.0667. The first-order valence-corrected chi connectivity index (χ1v) is 5.70. The number of hydrogen-bond acceptors (Lipinski definition) is 3. The van der Waals surface area contributed by atoms with Crippen LogP contribution in [-0.2, 0) is 0 Å². The average molecular weight is 238 g/mol. The van der Waals surface area contributed by atoms with Gasteiger partial charge in [-0.05, 0) is 25.1 Å². The Balaban J connectivity index is 2.33. The molecule has 3 nitrogen and oxygen atoms in total. The molecule has 18 heavy (non-hydrogen) atoms. The van der Waals surface area contributed by atoms with Crippen molar-refractivity contribution in [1.82, 2.24) is 10.2 Å². The van der Waals surface area contributed by atoms with Crippen LogP contribution in [0.15, 0.2) is 65.6 Å². The molecular weight excluding hydrogens is 224 g/mol. The molecule has 0 fully saturated rings. The molecule has 0 saturated carbocycles. The number of aromatic nitrogens is 2. The van der Waals surface area contributed by atoms with Crippen LogP contribution in [0, 0.1) is 0 Å². The number of nitrogens with zero attached hydrogens (tertiary/aromatic N) is 2. The van der Waals surface area contributed by atoms with E-state index in [1.165, 1.54) is 0 Å². The minimum atomic E-state index is 0.474. The Labute approximate surface area is 106 Å². The van der Waals surface area contributed by atoms with Gasteiger partial charge in [-0.3, -0.25) is 0 Å². The molecule has 0 radical (unpaired) electrons. The van der Waals surface area contributed by atoms with Crippen LogP contribution in [0.25, 0.3) is 17.0 Å². The molecule has 2 rings (SSSR count). The number of rotatable bonds is 4. The van der Waals surface area contributed by atoms with E-state index in [0.29, 0.717) is 11.8 Å². The molecule has 0 saturated heterocycles. The van der Waals surface area contributed by atoms with E-state index < -0.39 is 0 Å². The van der Waals surface area contributed by atoms with Crippen LogP contribution in [0.1, 0.15) is 12.8 Å². The van der Waals surface area contributed by atoms with Crippen LogP contribution in [0.2, 0.25) is 0 Å². The highest BCUT2D eigenvalue weighted by Gasteiger charge is 2.09. The van der Waals surface area contributed by atoms with Crippen molar-refractivity contribution in [3.8, 4) is 11.5 Å². The molecule has 1 aromatic heterocycles. The van der Waals surface area contributed by atoms with Gasteiger partial charge in [0.05, 0.1) is 0 Å². The molecule has 0 aliphatic heterocycles. The predicted octanol–water partition coefficient (Wildman–Crippen LogP) is 3.88. The fourth-order valence-electron chi connectivity index (χ4n) is 1.46. The van der Waals surface area contributed by atoms with E-state index in [-0.39, 0.29) is 0 Å². The second-order valence-electron chi connectivity index (χ2n) is 3.63. The quantitative estimate of drug-likeness (QED) is 0.759. The fourth-order valence-corrected chi connectivity index (χ4v) is 1.46. The summed E-state index contributed by atoms with van der Waals surface area (Å²) in [6.07, 6.45) is 7.42. The van der Waals surface area contributed by atoms with Crippen molar-refractivity contribution in [3.63, 3.8) is 0 Å². The summed E-state index contributed by atoms with van der Waals surface area (Å²) in [5.41, 5.74) is 1.72. The average Bonchev–Trinajstić information content (AvgIpc) is 2.90. The van der Waals surface area contributed by atoms with Crippen LogP contribution < -0.4 is 0 Å². The van der Waals surface area contributed by atoms with Crippen molar-refractivity contribution < 1.29 is 4.42 Å². The van der Waals surface area contributed by atoms with E-state index in [9.17, 15) is 0 Å². The molecule has 0 aliphatic carbocycles. The van der Waals surface area contributed by atoms with Crippen LogP contribution in [0.5, 0.6) is 0 Å². The smallest absolute Gasteiger partial charge is 0.248 e. The molecule has 1 aromatic carbocycles. The summed E-state index contributed by atoms with van der Waals surface area (Å²) in [7, 11) is 0.